The Morgan fingerprint density at radius 2 is 1.77 bits per heavy atom. The van der Waals surface area contributed by atoms with E-state index in [9.17, 15) is 9.59 Å². The Bertz CT molecular complexity index is 1340. The number of aryl methyl sites for hydroxylation is 1. The van der Waals surface area contributed by atoms with E-state index >= 15 is 0 Å². The number of rotatable bonds is 6. The lowest BCUT2D eigenvalue weighted by molar-refractivity contribution is -0.118. The summed E-state index contributed by atoms with van der Waals surface area (Å²) in [6.45, 7) is 3.06. The fourth-order valence-electron chi connectivity index (χ4n) is 4.14. The second-order valence-corrected chi connectivity index (χ2v) is 8.63. The van der Waals surface area contributed by atoms with Crippen molar-refractivity contribution in [2.45, 2.75) is 19.9 Å². The quantitative estimate of drug-likeness (QED) is 0.409. The molecular weight excluding hydrogens is 440 g/mol. The van der Waals surface area contributed by atoms with E-state index < -0.39 is 0 Å². The minimum atomic E-state index is -0.241. The number of para-hydroxylation sites is 1. The molecule has 0 atom stereocenters. The first-order valence-electron chi connectivity index (χ1n) is 11.6. The number of nitrogens with zero attached hydrogens (tertiary/aromatic N) is 1. The van der Waals surface area contributed by atoms with Crippen LogP contribution in [0.2, 0.25) is 0 Å². The Morgan fingerprint density at radius 1 is 0.971 bits per heavy atom. The van der Waals surface area contributed by atoms with Gasteiger partial charge in [-0.2, -0.15) is 0 Å². The zero-order chi connectivity index (χ0) is 24.2. The normalized spacial score (nSPS) is 12.7. The maximum Gasteiger partial charge on any atom is 0.262 e. The summed E-state index contributed by atoms with van der Waals surface area (Å²) in [5, 5.41) is 2.87. The third-order valence-corrected chi connectivity index (χ3v) is 6.00. The number of hydrogen-bond donors (Lipinski definition) is 1. The molecule has 0 aliphatic carbocycles. The largest absolute Gasteiger partial charge is 0.484 e. The van der Waals surface area contributed by atoms with Crippen LogP contribution in [0.1, 0.15) is 27.2 Å². The monoisotopic (exact) mass is 466 g/mol. The van der Waals surface area contributed by atoms with Crippen LogP contribution < -0.4 is 10.1 Å². The van der Waals surface area contributed by atoms with Gasteiger partial charge in [-0.1, -0.05) is 48.0 Å². The number of furan rings is 1. The first-order valence-corrected chi connectivity index (χ1v) is 11.6. The molecule has 0 bridgehead atoms. The number of carbonyl (C=O) groups is 2. The van der Waals surface area contributed by atoms with Gasteiger partial charge >= 0.3 is 0 Å². The molecule has 3 aromatic carbocycles. The molecule has 2 amide bonds. The summed E-state index contributed by atoms with van der Waals surface area (Å²) < 4.78 is 11.6. The minimum Gasteiger partial charge on any atom is -0.484 e. The maximum atomic E-state index is 12.9. The average Bonchev–Trinajstić information content (AvgIpc) is 3.32. The van der Waals surface area contributed by atoms with Gasteiger partial charge in [-0.25, -0.2) is 0 Å². The first kappa shape index (κ1) is 22.5. The van der Waals surface area contributed by atoms with Crippen molar-refractivity contribution in [3.8, 4) is 17.1 Å². The van der Waals surface area contributed by atoms with E-state index in [1.807, 2.05) is 96.8 Å². The van der Waals surface area contributed by atoms with Gasteiger partial charge in [0.05, 0.1) is 0 Å². The Balaban J connectivity index is 1.25. The number of anilines is 1. The zero-order valence-electron chi connectivity index (χ0n) is 19.5. The number of hydrogen-bond acceptors (Lipinski definition) is 4. The summed E-state index contributed by atoms with van der Waals surface area (Å²) in [5.41, 5.74) is 4.36. The van der Waals surface area contributed by atoms with Crippen molar-refractivity contribution >= 4 is 17.5 Å². The molecule has 6 nitrogen and oxygen atoms in total. The Hall–Kier alpha value is -4.32. The number of amides is 2. The van der Waals surface area contributed by atoms with Crippen molar-refractivity contribution in [3.05, 3.63) is 107 Å². The molecule has 6 heteroatoms. The molecule has 1 aliphatic rings. The predicted octanol–water partition coefficient (Wildman–Crippen LogP) is 5.47. The summed E-state index contributed by atoms with van der Waals surface area (Å²) in [4.78, 5) is 27.1. The molecule has 1 aliphatic heterocycles. The average molecular weight is 467 g/mol. The van der Waals surface area contributed by atoms with Crippen molar-refractivity contribution in [1.29, 1.82) is 0 Å². The van der Waals surface area contributed by atoms with Gasteiger partial charge < -0.3 is 19.4 Å². The summed E-state index contributed by atoms with van der Waals surface area (Å²) in [7, 11) is 0. The smallest absolute Gasteiger partial charge is 0.262 e. The molecule has 0 fully saturated rings. The fraction of sp³-hybridized carbons (Fsp3) is 0.172. The van der Waals surface area contributed by atoms with Gasteiger partial charge in [-0.15, -0.1) is 0 Å². The van der Waals surface area contributed by atoms with Gasteiger partial charge in [0.1, 0.15) is 17.3 Å². The van der Waals surface area contributed by atoms with Gasteiger partial charge in [0, 0.05) is 41.9 Å². The Labute approximate surface area is 204 Å². The highest BCUT2D eigenvalue weighted by molar-refractivity contribution is 5.94. The molecule has 2 heterocycles. The molecule has 0 spiro atoms. The summed E-state index contributed by atoms with van der Waals surface area (Å²) in [6.07, 6.45) is 0.667. The highest BCUT2D eigenvalue weighted by atomic mass is 16.5. The fourth-order valence-corrected chi connectivity index (χ4v) is 4.14. The molecule has 5 rings (SSSR count). The third kappa shape index (κ3) is 5.27. The molecule has 0 saturated heterocycles. The zero-order valence-corrected chi connectivity index (χ0v) is 19.5. The predicted molar refractivity (Wildman–Crippen MR) is 134 cm³/mol. The molecule has 0 unspecified atom stereocenters. The molecule has 4 aromatic rings. The van der Waals surface area contributed by atoms with E-state index in [0.29, 0.717) is 36.5 Å². The lowest BCUT2D eigenvalue weighted by Gasteiger charge is -2.26. The van der Waals surface area contributed by atoms with Crippen LogP contribution in [0.25, 0.3) is 11.3 Å². The lowest BCUT2D eigenvalue weighted by Crippen LogP contribution is -2.35. The number of ether oxygens (including phenoxy) is 1. The van der Waals surface area contributed by atoms with Crippen LogP contribution in [0.5, 0.6) is 5.75 Å². The minimum absolute atomic E-state index is 0.0285. The van der Waals surface area contributed by atoms with Crippen molar-refractivity contribution < 1.29 is 18.7 Å². The second kappa shape index (κ2) is 9.89. The molecule has 0 saturated carbocycles. The van der Waals surface area contributed by atoms with Crippen molar-refractivity contribution in [3.63, 3.8) is 0 Å². The van der Waals surface area contributed by atoms with Gasteiger partial charge in [0.15, 0.2) is 6.61 Å². The number of benzene rings is 3. The molecule has 0 radical (unpaired) electrons. The van der Waals surface area contributed by atoms with Crippen molar-refractivity contribution in [1.82, 2.24) is 4.90 Å². The van der Waals surface area contributed by atoms with E-state index in [-0.39, 0.29) is 18.4 Å². The Kier molecular flexibility index (Phi) is 6.35. The second-order valence-electron chi connectivity index (χ2n) is 8.63. The van der Waals surface area contributed by atoms with Crippen molar-refractivity contribution in [2.75, 3.05) is 18.5 Å². The summed E-state index contributed by atoms with van der Waals surface area (Å²) in [6, 6.07) is 26.4. The van der Waals surface area contributed by atoms with Crippen LogP contribution in [0.4, 0.5) is 5.69 Å². The van der Waals surface area contributed by atoms with Crippen LogP contribution in [-0.2, 0) is 17.8 Å². The molecule has 35 heavy (non-hydrogen) atoms. The Morgan fingerprint density at radius 3 is 2.57 bits per heavy atom. The summed E-state index contributed by atoms with van der Waals surface area (Å²) >= 11 is 0. The highest BCUT2D eigenvalue weighted by Gasteiger charge is 2.25. The maximum absolute atomic E-state index is 12.9. The number of fused-ring (bicyclic) bond motifs is 1. The molecule has 176 valence electrons. The van der Waals surface area contributed by atoms with E-state index in [1.54, 1.807) is 0 Å². The molecular formula is C29H26N2O4. The third-order valence-electron chi connectivity index (χ3n) is 6.00. The van der Waals surface area contributed by atoms with Gasteiger partial charge in [-0.05, 0) is 49.4 Å². The van der Waals surface area contributed by atoms with Gasteiger partial charge in [0.25, 0.3) is 11.8 Å². The van der Waals surface area contributed by atoms with E-state index in [4.69, 9.17) is 9.15 Å². The van der Waals surface area contributed by atoms with Crippen molar-refractivity contribution in [2.24, 2.45) is 0 Å². The summed E-state index contributed by atoms with van der Waals surface area (Å²) in [5.74, 6) is 2.05. The highest BCUT2D eigenvalue weighted by Crippen LogP contribution is 2.31. The van der Waals surface area contributed by atoms with Crippen LogP contribution in [0.15, 0.2) is 89.3 Å². The van der Waals surface area contributed by atoms with E-state index in [2.05, 4.69) is 5.32 Å². The van der Waals surface area contributed by atoms with Gasteiger partial charge in [0.2, 0.25) is 0 Å². The number of nitrogens with one attached hydrogen (secondary N) is 1. The molecule has 1 N–H and O–H groups in total. The van der Waals surface area contributed by atoms with Gasteiger partial charge in [-0.3, -0.25) is 9.59 Å². The molecule has 1 aromatic heterocycles. The van der Waals surface area contributed by atoms with Crippen LogP contribution in [0, 0.1) is 6.92 Å². The van der Waals surface area contributed by atoms with Crippen LogP contribution >= 0.6 is 0 Å². The number of carbonyl (C=O) groups excluding carboxylic acids is 2. The van der Waals surface area contributed by atoms with Crippen LogP contribution in [0.3, 0.4) is 0 Å². The topological polar surface area (TPSA) is 71.8 Å². The van der Waals surface area contributed by atoms with E-state index in [1.165, 1.54) is 0 Å². The lowest BCUT2D eigenvalue weighted by atomic mass is 10.1. The van der Waals surface area contributed by atoms with Crippen LogP contribution in [-0.4, -0.2) is 29.9 Å². The van der Waals surface area contributed by atoms with E-state index in [0.717, 1.165) is 28.2 Å². The SMILES string of the molecule is Cc1ccc(C(=O)N2CCc3oc(-c4cccc(NC(=O)COc5ccccc5)c4)cc3C2)cc1. The standard InChI is InChI=1S/C29H26N2O4/c1-20-10-12-21(13-11-20)29(33)31-15-14-26-23(18-31)17-27(35-26)22-6-5-7-24(16-22)30-28(32)19-34-25-8-3-2-4-9-25/h2-13,16-17H,14-15,18-19H2,1H3,(H,30,32). The first-order chi connectivity index (χ1) is 17.0.